The summed E-state index contributed by atoms with van der Waals surface area (Å²) in [7, 11) is 2.07. The number of hydrogen-bond donors (Lipinski definition) is 2. The van der Waals surface area contributed by atoms with Crippen LogP contribution in [0, 0.1) is 0 Å². The molecule has 0 aliphatic rings. The maximum Gasteiger partial charge on any atom is 0.157 e. The third kappa shape index (κ3) is 3.15. The van der Waals surface area contributed by atoms with Gasteiger partial charge in [-0.15, -0.1) is 0 Å². The second-order valence-corrected chi connectivity index (χ2v) is 5.98. The highest BCUT2D eigenvalue weighted by molar-refractivity contribution is 5.86. The lowest BCUT2D eigenvalue weighted by Gasteiger charge is -2.26. The molecule has 3 nitrogen and oxygen atoms in total. The van der Waals surface area contributed by atoms with Gasteiger partial charge in [0.25, 0.3) is 0 Å². The number of hydrogen-bond acceptors (Lipinski definition) is 3. The molecule has 0 amide bonds. The summed E-state index contributed by atoms with van der Waals surface area (Å²) in [4.78, 5) is 2.23. The molecule has 0 aliphatic carbocycles. The van der Waals surface area contributed by atoms with Gasteiger partial charge in [0.15, 0.2) is 11.5 Å². The van der Waals surface area contributed by atoms with Crippen molar-refractivity contribution >= 4 is 10.8 Å². The van der Waals surface area contributed by atoms with E-state index in [9.17, 15) is 10.2 Å². The van der Waals surface area contributed by atoms with Crippen LogP contribution in [0.3, 0.4) is 0 Å². The average molecular weight is 307 g/mol. The Morgan fingerprint density at radius 1 is 0.913 bits per heavy atom. The van der Waals surface area contributed by atoms with Gasteiger partial charge in [-0.1, -0.05) is 48.5 Å². The molecule has 0 saturated heterocycles. The fourth-order valence-electron chi connectivity index (χ4n) is 2.94. The number of nitrogens with zero attached hydrogens (tertiary/aromatic N) is 1. The number of aromatic hydroxyl groups is 2. The van der Waals surface area contributed by atoms with Crippen LogP contribution in [0.15, 0.2) is 60.7 Å². The Bertz CT molecular complexity index is 823. The number of phenolic OH excluding ortho intramolecular Hbond substituents is 2. The van der Waals surface area contributed by atoms with Gasteiger partial charge >= 0.3 is 0 Å². The maximum atomic E-state index is 9.64. The molecule has 3 rings (SSSR count). The molecule has 0 aromatic heterocycles. The minimum atomic E-state index is -0.0847. The minimum absolute atomic E-state index is 0.0753. The summed E-state index contributed by atoms with van der Waals surface area (Å²) in [5, 5.41) is 21.6. The van der Waals surface area contributed by atoms with Crippen molar-refractivity contribution in [2.75, 3.05) is 7.05 Å². The molecule has 0 heterocycles. The second-order valence-electron chi connectivity index (χ2n) is 5.98. The quantitative estimate of drug-likeness (QED) is 0.700. The molecule has 0 fully saturated rings. The van der Waals surface area contributed by atoms with Gasteiger partial charge in [-0.25, -0.2) is 0 Å². The van der Waals surface area contributed by atoms with Gasteiger partial charge in [0.05, 0.1) is 0 Å². The lowest BCUT2D eigenvalue weighted by atomic mass is 9.98. The van der Waals surface area contributed by atoms with Crippen molar-refractivity contribution in [3.05, 3.63) is 71.8 Å². The van der Waals surface area contributed by atoms with E-state index in [1.54, 1.807) is 6.07 Å². The topological polar surface area (TPSA) is 43.7 Å². The number of rotatable bonds is 4. The third-order valence-corrected chi connectivity index (χ3v) is 4.41. The van der Waals surface area contributed by atoms with Crippen molar-refractivity contribution in [1.29, 1.82) is 0 Å². The second kappa shape index (κ2) is 6.31. The first kappa shape index (κ1) is 15.4. The first-order chi connectivity index (χ1) is 11.1. The van der Waals surface area contributed by atoms with Crippen LogP contribution in [-0.2, 0) is 6.54 Å². The van der Waals surface area contributed by atoms with Crippen LogP contribution in [0.5, 0.6) is 11.5 Å². The Labute approximate surface area is 136 Å². The molecule has 118 valence electrons. The van der Waals surface area contributed by atoms with E-state index in [0.717, 1.165) is 5.56 Å². The zero-order valence-electron chi connectivity index (χ0n) is 13.4. The van der Waals surface area contributed by atoms with Crippen LogP contribution < -0.4 is 0 Å². The van der Waals surface area contributed by atoms with E-state index in [1.807, 2.05) is 6.07 Å². The van der Waals surface area contributed by atoms with Gasteiger partial charge in [-0.2, -0.15) is 0 Å². The highest BCUT2D eigenvalue weighted by Crippen LogP contribution is 2.30. The van der Waals surface area contributed by atoms with Crippen LogP contribution in [0.4, 0.5) is 0 Å². The molecule has 0 radical (unpaired) electrons. The minimum Gasteiger partial charge on any atom is -0.504 e. The van der Waals surface area contributed by atoms with Crippen LogP contribution >= 0.6 is 0 Å². The Hall–Kier alpha value is -2.52. The van der Waals surface area contributed by atoms with E-state index in [0.29, 0.717) is 6.54 Å². The standard InChI is InChI=1S/C20H21NO2/c1-14(17-9-5-7-16-6-3-4-8-18(16)17)21(2)13-15-10-11-19(22)20(23)12-15/h3-12,14,22-23H,13H2,1-2H3/t14-/m1/s1. The molecular formula is C20H21NO2. The predicted molar refractivity (Wildman–Crippen MR) is 93.6 cm³/mol. The fraction of sp³-hybridized carbons (Fsp3) is 0.200. The van der Waals surface area contributed by atoms with Gasteiger partial charge in [0.1, 0.15) is 0 Å². The predicted octanol–water partition coefficient (Wildman–Crippen LogP) is 4.44. The molecule has 0 aliphatic heterocycles. The SMILES string of the molecule is C[C@H](c1cccc2ccccc12)N(C)Cc1ccc(O)c(O)c1. The van der Waals surface area contributed by atoms with E-state index in [2.05, 4.69) is 61.3 Å². The van der Waals surface area contributed by atoms with E-state index in [-0.39, 0.29) is 17.5 Å². The third-order valence-electron chi connectivity index (χ3n) is 4.41. The largest absolute Gasteiger partial charge is 0.504 e. The maximum absolute atomic E-state index is 9.64. The molecule has 1 atom stereocenters. The van der Waals surface area contributed by atoms with E-state index in [1.165, 1.54) is 22.4 Å². The van der Waals surface area contributed by atoms with E-state index < -0.39 is 0 Å². The lowest BCUT2D eigenvalue weighted by Crippen LogP contribution is -2.22. The fourth-order valence-corrected chi connectivity index (χ4v) is 2.94. The highest BCUT2D eigenvalue weighted by Gasteiger charge is 2.15. The van der Waals surface area contributed by atoms with Crippen molar-refractivity contribution in [3.63, 3.8) is 0 Å². The normalized spacial score (nSPS) is 12.7. The van der Waals surface area contributed by atoms with Gasteiger partial charge in [0, 0.05) is 12.6 Å². The van der Waals surface area contributed by atoms with Crippen molar-refractivity contribution in [1.82, 2.24) is 4.90 Å². The lowest BCUT2D eigenvalue weighted by molar-refractivity contribution is 0.254. The summed E-state index contributed by atoms with van der Waals surface area (Å²) in [5.41, 5.74) is 2.25. The van der Waals surface area contributed by atoms with Gasteiger partial charge in [0.2, 0.25) is 0 Å². The Balaban J connectivity index is 1.86. The Morgan fingerprint density at radius 2 is 1.65 bits per heavy atom. The number of benzene rings is 3. The van der Waals surface area contributed by atoms with E-state index in [4.69, 9.17) is 0 Å². The first-order valence-corrected chi connectivity index (χ1v) is 7.75. The molecule has 23 heavy (non-hydrogen) atoms. The first-order valence-electron chi connectivity index (χ1n) is 7.75. The summed E-state index contributed by atoms with van der Waals surface area (Å²) in [6, 6.07) is 20.0. The highest BCUT2D eigenvalue weighted by atomic mass is 16.3. The van der Waals surface area contributed by atoms with Crippen LogP contribution in [-0.4, -0.2) is 22.2 Å². The smallest absolute Gasteiger partial charge is 0.157 e. The van der Waals surface area contributed by atoms with Crippen LogP contribution in [0.1, 0.15) is 24.1 Å². The molecule has 3 aromatic rings. The summed E-state index contributed by atoms with van der Waals surface area (Å²) >= 11 is 0. The van der Waals surface area contributed by atoms with Crippen LogP contribution in [0.2, 0.25) is 0 Å². The Kier molecular flexibility index (Phi) is 4.22. The Morgan fingerprint density at radius 3 is 2.43 bits per heavy atom. The van der Waals surface area contributed by atoms with Gasteiger partial charge < -0.3 is 10.2 Å². The summed E-state index contributed by atoms with van der Waals surface area (Å²) in [6.45, 7) is 2.88. The molecule has 0 saturated carbocycles. The molecule has 3 heteroatoms. The zero-order chi connectivity index (χ0) is 16.4. The van der Waals surface area contributed by atoms with Crippen LogP contribution in [0.25, 0.3) is 10.8 Å². The molecule has 3 aromatic carbocycles. The monoisotopic (exact) mass is 307 g/mol. The average Bonchev–Trinajstić information content (AvgIpc) is 2.57. The zero-order valence-corrected chi connectivity index (χ0v) is 13.4. The number of phenols is 2. The molecule has 0 unspecified atom stereocenters. The molecular weight excluding hydrogens is 286 g/mol. The van der Waals surface area contributed by atoms with Gasteiger partial charge in [-0.05, 0) is 48.0 Å². The number of fused-ring (bicyclic) bond motifs is 1. The van der Waals surface area contributed by atoms with Crippen molar-refractivity contribution < 1.29 is 10.2 Å². The van der Waals surface area contributed by atoms with E-state index >= 15 is 0 Å². The molecule has 0 spiro atoms. The summed E-state index contributed by atoms with van der Waals surface area (Å²) in [6.07, 6.45) is 0. The summed E-state index contributed by atoms with van der Waals surface area (Å²) < 4.78 is 0. The van der Waals surface area contributed by atoms with Crippen molar-refractivity contribution in [2.45, 2.75) is 19.5 Å². The van der Waals surface area contributed by atoms with Crippen molar-refractivity contribution in [2.24, 2.45) is 0 Å². The molecule has 0 bridgehead atoms. The van der Waals surface area contributed by atoms with Crippen molar-refractivity contribution in [3.8, 4) is 11.5 Å². The molecule has 2 N–H and O–H groups in total. The summed E-state index contributed by atoms with van der Waals surface area (Å²) in [5.74, 6) is -0.160. The van der Waals surface area contributed by atoms with Gasteiger partial charge in [-0.3, -0.25) is 4.90 Å².